The van der Waals surface area contributed by atoms with Crippen molar-refractivity contribution in [2.45, 2.75) is 0 Å². The molecule has 0 aliphatic carbocycles. The van der Waals surface area contributed by atoms with Gasteiger partial charge < -0.3 is 0 Å². The van der Waals surface area contributed by atoms with E-state index in [0.29, 0.717) is 11.1 Å². The summed E-state index contributed by atoms with van der Waals surface area (Å²) in [5.74, 6) is -1.61. The molecular weight excluding hydrogens is 356 g/mol. The summed E-state index contributed by atoms with van der Waals surface area (Å²) in [5.41, 5.74) is 1.34. The van der Waals surface area contributed by atoms with Gasteiger partial charge in [0.15, 0.2) is 5.13 Å². The maximum atomic E-state index is 13.8. The SMILES string of the molecule is N#Cc1ccccc1/C=C/C(=O)Nc1nc(-c2cc(F)ccc2F)cs1. The van der Waals surface area contributed by atoms with E-state index >= 15 is 0 Å². The van der Waals surface area contributed by atoms with E-state index in [2.05, 4.69) is 10.3 Å². The Morgan fingerprint density at radius 1 is 1.23 bits per heavy atom. The van der Waals surface area contributed by atoms with E-state index in [-0.39, 0.29) is 16.4 Å². The van der Waals surface area contributed by atoms with Crippen molar-refractivity contribution >= 4 is 28.5 Å². The Labute approximate surface area is 152 Å². The lowest BCUT2D eigenvalue weighted by atomic mass is 10.1. The molecule has 0 bridgehead atoms. The number of hydrogen-bond acceptors (Lipinski definition) is 4. The Hall–Kier alpha value is -3.37. The molecule has 7 heteroatoms. The molecule has 0 saturated carbocycles. The van der Waals surface area contributed by atoms with Gasteiger partial charge in [-0.1, -0.05) is 18.2 Å². The van der Waals surface area contributed by atoms with Gasteiger partial charge in [0.05, 0.1) is 17.3 Å². The molecule has 0 fully saturated rings. The lowest BCUT2D eigenvalue weighted by Crippen LogP contribution is -2.07. The van der Waals surface area contributed by atoms with E-state index < -0.39 is 17.5 Å². The van der Waals surface area contributed by atoms with E-state index in [1.54, 1.807) is 24.3 Å². The Morgan fingerprint density at radius 2 is 2.04 bits per heavy atom. The third kappa shape index (κ3) is 3.99. The van der Waals surface area contributed by atoms with Crippen LogP contribution in [-0.2, 0) is 4.79 Å². The summed E-state index contributed by atoms with van der Waals surface area (Å²) in [6.45, 7) is 0. The van der Waals surface area contributed by atoms with Crippen LogP contribution >= 0.6 is 11.3 Å². The maximum Gasteiger partial charge on any atom is 0.250 e. The molecule has 1 heterocycles. The van der Waals surface area contributed by atoms with Crippen molar-refractivity contribution in [3.8, 4) is 17.3 Å². The molecule has 0 aliphatic heterocycles. The number of benzene rings is 2. The van der Waals surface area contributed by atoms with Gasteiger partial charge in [0, 0.05) is 17.0 Å². The van der Waals surface area contributed by atoms with Crippen molar-refractivity contribution in [1.29, 1.82) is 5.26 Å². The quantitative estimate of drug-likeness (QED) is 0.685. The number of amides is 1. The predicted molar refractivity (Wildman–Crippen MR) is 96.3 cm³/mol. The number of nitriles is 1. The zero-order valence-electron chi connectivity index (χ0n) is 13.2. The van der Waals surface area contributed by atoms with E-state index in [4.69, 9.17) is 5.26 Å². The lowest BCUT2D eigenvalue weighted by Gasteiger charge is -2.00. The molecule has 128 valence electrons. The number of nitrogens with zero attached hydrogens (tertiary/aromatic N) is 2. The fourth-order valence-electron chi connectivity index (χ4n) is 2.21. The molecule has 0 spiro atoms. The molecule has 0 saturated heterocycles. The predicted octanol–water partition coefficient (Wildman–Crippen LogP) is 4.61. The molecule has 1 N–H and O–H groups in total. The summed E-state index contributed by atoms with van der Waals surface area (Å²) < 4.78 is 27.1. The second kappa shape index (κ2) is 7.68. The number of thiazole rings is 1. The Bertz CT molecular complexity index is 1040. The Kier molecular flexibility index (Phi) is 5.15. The van der Waals surface area contributed by atoms with Crippen molar-refractivity contribution in [3.05, 3.63) is 76.7 Å². The van der Waals surface area contributed by atoms with E-state index in [0.717, 1.165) is 29.5 Å². The minimum Gasteiger partial charge on any atom is -0.298 e. The third-order valence-corrected chi connectivity index (χ3v) is 4.19. The summed E-state index contributed by atoms with van der Waals surface area (Å²) in [5, 5.41) is 13.4. The van der Waals surface area contributed by atoms with E-state index in [1.165, 1.54) is 17.5 Å². The number of anilines is 1. The van der Waals surface area contributed by atoms with Crippen LogP contribution in [0, 0.1) is 23.0 Å². The fraction of sp³-hybridized carbons (Fsp3) is 0. The first-order valence-corrected chi connectivity index (χ1v) is 8.34. The highest BCUT2D eigenvalue weighted by atomic mass is 32.1. The van der Waals surface area contributed by atoms with E-state index in [1.807, 2.05) is 6.07 Å². The highest BCUT2D eigenvalue weighted by molar-refractivity contribution is 7.14. The topological polar surface area (TPSA) is 65.8 Å². The number of rotatable bonds is 4. The van der Waals surface area contributed by atoms with Crippen molar-refractivity contribution in [1.82, 2.24) is 4.98 Å². The zero-order valence-corrected chi connectivity index (χ0v) is 14.1. The van der Waals surface area contributed by atoms with Crippen LogP contribution < -0.4 is 5.32 Å². The fourth-order valence-corrected chi connectivity index (χ4v) is 2.92. The Morgan fingerprint density at radius 3 is 2.85 bits per heavy atom. The number of hydrogen-bond donors (Lipinski definition) is 1. The molecule has 3 rings (SSSR count). The summed E-state index contributed by atoms with van der Waals surface area (Å²) in [7, 11) is 0. The van der Waals surface area contributed by atoms with Gasteiger partial charge in [-0.2, -0.15) is 5.26 Å². The standard InChI is InChI=1S/C19H11F2N3OS/c20-14-6-7-16(21)15(9-14)17-11-26-19(23-17)24-18(25)8-5-12-3-1-2-4-13(12)10-22/h1-9,11H,(H,23,24,25)/b8-5+. The summed E-state index contributed by atoms with van der Waals surface area (Å²) in [6, 6.07) is 12.0. The summed E-state index contributed by atoms with van der Waals surface area (Å²) >= 11 is 1.10. The monoisotopic (exact) mass is 367 g/mol. The molecule has 2 aromatic carbocycles. The summed E-state index contributed by atoms with van der Waals surface area (Å²) in [6.07, 6.45) is 2.80. The second-order valence-corrected chi connectivity index (χ2v) is 6.04. The highest BCUT2D eigenvalue weighted by Gasteiger charge is 2.11. The molecule has 0 unspecified atom stereocenters. The highest BCUT2D eigenvalue weighted by Crippen LogP contribution is 2.27. The van der Waals surface area contributed by atoms with Crippen molar-refractivity contribution in [3.63, 3.8) is 0 Å². The van der Waals surface area contributed by atoms with Crippen LogP contribution in [0.25, 0.3) is 17.3 Å². The number of carbonyl (C=O) groups is 1. The zero-order chi connectivity index (χ0) is 18.5. The van der Waals surface area contributed by atoms with Gasteiger partial charge in [0.2, 0.25) is 5.91 Å². The van der Waals surface area contributed by atoms with Gasteiger partial charge in [-0.15, -0.1) is 11.3 Å². The minimum absolute atomic E-state index is 0.0280. The van der Waals surface area contributed by atoms with Crippen LogP contribution in [-0.4, -0.2) is 10.9 Å². The first-order chi connectivity index (χ1) is 12.6. The first kappa shape index (κ1) is 17.5. The normalized spacial score (nSPS) is 10.7. The molecule has 4 nitrogen and oxygen atoms in total. The van der Waals surface area contributed by atoms with Crippen molar-refractivity contribution in [2.75, 3.05) is 5.32 Å². The number of nitrogens with one attached hydrogen (secondary N) is 1. The van der Waals surface area contributed by atoms with Gasteiger partial charge in [-0.25, -0.2) is 13.8 Å². The average molecular weight is 367 g/mol. The minimum atomic E-state index is -0.595. The number of aromatic nitrogens is 1. The molecule has 1 amide bonds. The molecular formula is C19H11F2N3OS. The van der Waals surface area contributed by atoms with Crippen LogP contribution in [0.2, 0.25) is 0 Å². The third-order valence-electron chi connectivity index (χ3n) is 3.43. The van der Waals surface area contributed by atoms with Gasteiger partial charge in [0.1, 0.15) is 11.6 Å². The van der Waals surface area contributed by atoms with Crippen molar-refractivity contribution in [2.24, 2.45) is 0 Å². The van der Waals surface area contributed by atoms with Gasteiger partial charge >= 0.3 is 0 Å². The van der Waals surface area contributed by atoms with Gasteiger partial charge in [0.25, 0.3) is 0 Å². The van der Waals surface area contributed by atoms with E-state index in [9.17, 15) is 13.6 Å². The molecule has 1 aromatic heterocycles. The molecule has 0 radical (unpaired) electrons. The van der Waals surface area contributed by atoms with Gasteiger partial charge in [-0.05, 0) is 35.9 Å². The van der Waals surface area contributed by atoms with Crippen molar-refractivity contribution < 1.29 is 13.6 Å². The van der Waals surface area contributed by atoms with Crippen LogP contribution in [0.4, 0.5) is 13.9 Å². The maximum absolute atomic E-state index is 13.8. The van der Waals surface area contributed by atoms with Crippen LogP contribution in [0.15, 0.2) is 53.9 Å². The van der Waals surface area contributed by atoms with Crippen LogP contribution in [0.3, 0.4) is 0 Å². The Balaban J connectivity index is 1.73. The molecule has 0 aliphatic rings. The molecule has 26 heavy (non-hydrogen) atoms. The largest absolute Gasteiger partial charge is 0.298 e. The molecule has 0 atom stereocenters. The van der Waals surface area contributed by atoms with Gasteiger partial charge in [-0.3, -0.25) is 10.1 Å². The van der Waals surface area contributed by atoms with Crippen LogP contribution in [0.1, 0.15) is 11.1 Å². The first-order valence-electron chi connectivity index (χ1n) is 7.46. The number of halogens is 2. The lowest BCUT2D eigenvalue weighted by molar-refractivity contribution is -0.111. The average Bonchev–Trinajstić information content (AvgIpc) is 3.10. The summed E-state index contributed by atoms with van der Waals surface area (Å²) in [4.78, 5) is 16.1. The molecule has 3 aromatic rings. The smallest absolute Gasteiger partial charge is 0.250 e. The second-order valence-electron chi connectivity index (χ2n) is 5.18. The number of carbonyl (C=O) groups excluding carboxylic acids is 1. The van der Waals surface area contributed by atoms with Crippen LogP contribution in [0.5, 0.6) is 0 Å².